The highest BCUT2D eigenvalue weighted by Gasteiger charge is 2.24. The third-order valence-corrected chi connectivity index (χ3v) is 3.48. The molecule has 0 aliphatic rings. The molecule has 0 aliphatic carbocycles. The van der Waals surface area contributed by atoms with Crippen LogP contribution in [0, 0.1) is 11.2 Å². The average molecular weight is 236 g/mol. The van der Waals surface area contributed by atoms with E-state index in [2.05, 4.69) is 0 Å². The van der Waals surface area contributed by atoms with Gasteiger partial charge in [-0.05, 0) is 23.6 Å². The van der Waals surface area contributed by atoms with Gasteiger partial charge in [-0.3, -0.25) is 4.79 Å². The Morgan fingerprint density at radius 1 is 1.25 bits per heavy atom. The number of hydrogen-bond acceptors (Lipinski definition) is 2. The zero-order valence-corrected chi connectivity index (χ0v) is 10.3. The Morgan fingerprint density at radius 2 is 1.94 bits per heavy atom. The molecule has 1 heterocycles. The maximum Gasteiger partial charge on any atom is 0.178 e. The van der Waals surface area contributed by atoms with Gasteiger partial charge in [0.25, 0.3) is 0 Å². The van der Waals surface area contributed by atoms with Gasteiger partial charge in [-0.15, -0.1) is 11.3 Å². The molecule has 0 fully saturated rings. The van der Waals surface area contributed by atoms with Gasteiger partial charge in [0.15, 0.2) is 5.78 Å². The number of carbonyl (C=O) groups is 1. The Labute approximate surface area is 97.9 Å². The second-order valence-electron chi connectivity index (χ2n) is 4.87. The van der Waals surface area contributed by atoms with E-state index in [1.807, 2.05) is 26.8 Å². The van der Waals surface area contributed by atoms with Crippen LogP contribution in [0.15, 0.2) is 24.3 Å². The van der Waals surface area contributed by atoms with Gasteiger partial charge in [-0.25, -0.2) is 4.39 Å². The molecule has 0 N–H and O–H groups in total. The van der Waals surface area contributed by atoms with Gasteiger partial charge in [-0.2, -0.15) is 0 Å². The van der Waals surface area contributed by atoms with Crippen LogP contribution in [0.5, 0.6) is 0 Å². The lowest BCUT2D eigenvalue weighted by Crippen LogP contribution is -2.18. The quantitative estimate of drug-likeness (QED) is 0.676. The Balaban J connectivity index is 2.52. The Kier molecular flexibility index (Phi) is 2.58. The smallest absolute Gasteiger partial charge is 0.178 e. The number of fused-ring (bicyclic) bond motifs is 1. The Morgan fingerprint density at radius 3 is 2.56 bits per heavy atom. The standard InChI is InChI=1S/C13H13FOS/c1-13(2,3)12(15)11-6-8-4-5-9(14)7-10(8)16-11/h4-7H,1-3H3. The topological polar surface area (TPSA) is 17.1 Å². The summed E-state index contributed by atoms with van der Waals surface area (Å²) in [7, 11) is 0. The number of Topliss-reactive ketones (excluding diaryl/α,β-unsaturated/α-hetero) is 1. The van der Waals surface area contributed by atoms with Crippen LogP contribution >= 0.6 is 11.3 Å². The first-order valence-corrected chi connectivity index (χ1v) is 5.93. The average Bonchev–Trinajstić information content (AvgIpc) is 2.57. The fourth-order valence-electron chi connectivity index (χ4n) is 1.49. The number of benzene rings is 1. The van der Waals surface area contributed by atoms with Crippen LogP contribution in [-0.2, 0) is 0 Å². The Bertz CT molecular complexity index is 549. The van der Waals surface area contributed by atoms with E-state index in [0.717, 1.165) is 10.1 Å². The molecule has 1 aromatic heterocycles. The zero-order valence-electron chi connectivity index (χ0n) is 9.50. The lowest BCUT2D eigenvalue weighted by Gasteiger charge is -2.14. The fourth-order valence-corrected chi connectivity index (χ4v) is 2.72. The van der Waals surface area contributed by atoms with Crippen molar-refractivity contribution < 1.29 is 9.18 Å². The molecular formula is C13H13FOS. The molecule has 2 rings (SSSR count). The first-order chi connectivity index (χ1) is 7.38. The summed E-state index contributed by atoms with van der Waals surface area (Å²) < 4.78 is 13.8. The lowest BCUT2D eigenvalue weighted by molar-refractivity contribution is 0.0863. The summed E-state index contributed by atoms with van der Waals surface area (Å²) in [6.07, 6.45) is 0. The SMILES string of the molecule is CC(C)(C)C(=O)c1cc2ccc(F)cc2s1. The van der Waals surface area contributed by atoms with E-state index in [4.69, 9.17) is 0 Å². The van der Waals surface area contributed by atoms with Gasteiger partial charge in [0.2, 0.25) is 0 Å². The van der Waals surface area contributed by atoms with Crippen LogP contribution < -0.4 is 0 Å². The first kappa shape index (κ1) is 11.3. The summed E-state index contributed by atoms with van der Waals surface area (Å²) in [6.45, 7) is 5.67. The molecule has 3 heteroatoms. The van der Waals surface area contributed by atoms with Crippen molar-refractivity contribution in [1.82, 2.24) is 0 Å². The molecular weight excluding hydrogens is 223 g/mol. The molecule has 0 spiro atoms. The molecule has 0 atom stereocenters. The number of hydrogen-bond donors (Lipinski definition) is 0. The van der Waals surface area contributed by atoms with Gasteiger partial charge in [0.05, 0.1) is 4.88 Å². The number of rotatable bonds is 1. The highest BCUT2D eigenvalue weighted by atomic mass is 32.1. The van der Waals surface area contributed by atoms with Crippen molar-refractivity contribution in [2.45, 2.75) is 20.8 Å². The van der Waals surface area contributed by atoms with E-state index in [1.54, 1.807) is 6.07 Å². The van der Waals surface area contributed by atoms with Gasteiger partial charge in [0.1, 0.15) is 5.82 Å². The molecule has 0 aliphatic heterocycles. The second kappa shape index (κ2) is 3.67. The summed E-state index contributed by atoms with van der Waals surface area (Å²) in [5.74, 6) is -0.154. The molecule has 1 nitrogen and oxygen atoms in total. The minimum Gasteiger partial charge on any atom is -0.293 e. The maximum atomic E-state index is 13.0. The van der Waals surface area contributed by atoms with Gasteiger partial charge < -0.3 is 0 Å². The van der Waals surface area contributed by atoms with Crippen LogP contribution in [0.3, 0.4) is 0 Å². The number of thiophene rings is 1. The number of ketones is 1. The van der Waals surface area contributed by atoms with Crippen LogP contribution in [-0.4, -0.2) is 5.78 Å². The van der Waals surface area contributed by atoms with Crippen molar-refractivity contribution in [2.24, 2.45) is 5.41 Å². The van der Waals surface area contributed by atoms with Crippen LogP contribution in [0.4, 0.5) is 4.39 Å². The minimum atomic E-state index is -0.389. The second-order valence-corrected chi connectivity index (χ2v) is 5.96. The van der Waals surface area contributed by atoms with E-state index >= 15 is 0 Å². The molecule has 0 bridgehead atoms. The third kappa shape index (κ3) is 2.00. The fraction of sp³-hybridized carbons (Fsp3) is 0.308. The number of halogens is 1. The summed E-state index contributed by atoms with van der Waals surface area (Å²) in [6, 6.07) is 6.44. The zero-order chi connectivity index (χ0) is 11.9. The number of carbonyl (C=O) groups excluding carboxylic acids is 1. The molecule has 2 aromatic rings. The summed E-state index contributed by atoms with van der Waals surface area (Å²) in [4.78, 5) is 12.7. The molecule has 0 unspecified atom stereocenters. The van der Waals surface area contributed by atoms with Crippen molar-refractivity contribution >= 4 is 27.2 Å². The van der Waals surface area contributed by atoms with E-state index in [0.29, 0.717) is 4.88 Å². The van der Waals surface area contributed by atoms with Gasteiger partial charge in [0, 0.05) is 10.1 Å². The van der Waals surface area contributed by atoms with E-state index < -0.39 is 0 Å². The van der Waals surface area contributed by atoms with Crippen molar-refractivity contribution in [3.8, 4) is 0 Å². The minimum absolute atomic E-state index is 0.106. The van der Waals surface area contributed by atoms with E-state index in [9.17, 15) is 9.18 Å². The summed E-state index contributed by atoms with van der Waals surface area (Å²) >= 11 is 1.36. The van der Waals surface area contributed by atoms with Crippen LogP contribution in [0.1, 0.15) is 30.4 Å². The Hall–Kier alpha value is -1.22. The summed E-state index contributed by atoms with van der Waals surface area (Å²) in [5, 5.41) is 0.930. The molecule has 0 saturated heterocycles. The highest BCUT2D eigenvalue weighted by molar-refractivity contribution is 7.20. The van der Waals surface area contributed by atoms with Crippen molar-refractivity contribution in [2.75, 3.05) is 0 Å². The van der Waals surface area contributed by atoms with Crippen molar-refractivity contribution in [3.05, 3.63) is 35.0 Å². The lowest BCUT2D eigenvalue weighted by atomic mass is 9.90. The van der Waals surface area contributed by atoms with Crippen molar-refractivity contribution in [3.63, 3.8) is 0 Å². The molecule has 84 valence electrons. The molecule has 1 aromatic carbocycles. The van der Waals surface area contributed by atoms with Crippen LogP contribution in [0.25, 0.3) is 10.1 Å². The summed E-state index contributed by atoms with van der Waals surface area (Å²) in [5.41, 5.74) is -0.389. The molecule has 0 saturated carbocycles. The normalized spacial score (nSPS) is 12.0. The molecule has 16 heavy (non-hydrogen) atoms. The first-order valence-electron chi connectivity index (χ1n) is 5.12. The maximum absolute atomic E-state index is 13.0. The van der Waals surface area contributed by atoms with Crippen molar-refractivity contribution in [1.29, 1.82) is 0 Å². The molecule has 0 amide bonds. The largest absolute Gasteiger partial charge is 0.293 e. The highest BCUT2D eigenvalue weighted by Crippen LogP contribution is 2.31. The van der Waals surface area contributed by atoms with E-state index in [1.165, 1.54) is 23.5 Å². The van der Waals surface area contributed by atoms with E-state index in [-0.39, 0.29) is 17.0 Å². The predicted octanol–water partition coefficient (Wildman–Crippen LogP) is 4.27. The molecule has 0 radical (unpaired) electrons. The monoisotopic (exact) mass is 236 g/mol. The van der Waals surface area contributed by atoms with Gasteiger partial charge >= 0.3 is 0 Å². The van der Waals surface area contributed by atoms with Crippen LogP contribution in [0.2, 0.25) is 0 Å². The predicted molar refractivity (Wildman–Crippen MR) is 65.6 cm³/mol. The third-order valence-electron chi connectivity index (χ3n) is 2.39. The van der Waals surface area contributed by atoms with Gasteiger partial charge in [-0.1, -0.05) is 26.8 Å².